The summed E-state index contributed by atoms with van der Waals surface area (Å²) in [7, 11) is 0. The molecule has 0 aliphatic carbocycles. The van der Waals surface area contributed by atoms with Crippen LogP contribution in [0, 0.1) is 28.6 Å². The summed E-state index contributed by atoms with van der Waals surface area (Å²) in [6.07, 6.45) is 4.67. The summed E-state index contributed by atoms with van der Waals surface area (Å²) in [5, 5.41) is 106. The van der Waals surface area contributed by atoms with Crippen LogP contribution in [0.1, 0.15) is 266 Å². The molecule has 3 amide bonds. The fraction of sp³-hybridized carbons (Fsp3) is 0.905. The van der Waals surface area contributed by atoms with Crippen molar-refractivity contribution in [2.75, 3.05) is 106 Å². The van der Waals surface area contributed by atoms with Crippen LogP contribution in [-0.2, 0) is 85.7 Å². The third-order valence-corrected chi connectivity index (χ3v) is 21.9. The first-order valence-electron chi connectivity index (χ1n) is 43.2. The molecule has 0 radical (unpaired) electrons. The molecule has 31 heteroatoms. The van der Waals surface area contributed by atoms with E-state index in [1.54, 1.807) is 25.7 Å². The molecule has 115 heavy (non-hydrogen) atoms. The minimum absolute atomic E-state index is 0.00444. The Balaban J connectivity index is 1.28. The number of aliphatic hydroxyl groups excluding tert-OH is 10. The van der Waals surface area contributed by atoms with Gasteiger partial charge < -0.3 is 114 Å². The number of carbonyl (C=O) groups is 8. The fourth-order valence-electron chi connectivity index (χ4n) is 14.5. The average Bonchev–Trinajstić information content (AvgIpc) is 1.85. The minimum atomic E-state index is -1.23. The monoisotopic (exact) mass is 1650 g/mol. The van der Waals surface area contributed by atoms with Crippen LogP contribution < -0.4 is 10.6 Å². The zero-order valence-corrected chi connectivity index (χ0v) is 70.1. The molecule has 4 saturated heterocycles. The van der Waals surface area contributed by atoms with E-state index in [1.807, 2.05) is 0 Å². The summed E-state index contributed by atoms with van der Waals surface area (Å²) in [5.41, 5.74) is -1.15. The number of nitrogens with zero attached hydrogens (tertiary/aromatic N) is 1. The topological polar surface area (TPSA) is 458 Å². The lowest BCUT2D eigenvalue weighted by atomic mass is 9.83. The van der Waals surface area contributed by atoms with Crippen LogP contribution in [0.15, 0.2) is 0 Å². The number of unbranched alkanes of at least 4 members (excludes halogenated alkanes) is 14. The van der Waals surface area contributed by atoms with Gasteiger partial charge in [0.2, 0.25) is 17.7 Å². The average molecular weight is 1650 g/mol. The first-order chi connectivity index (χ1) is 55.0. The van der Waals surface area contributed by atoms with Crippen LogP contribution in [0.25, 0.3) is 0 Å². The van der Waals surface area contributed by atoms with Crippen molar-refractivity contribution < 1.29 is 137 Å². The molecule has 15 unspecified atom stereocenters. The van der Waals surface area contributed by atoms with Gasteiger partial charge in [-0.3, -0.25) is 38.4 Å². The molecule has 17 atom stereocenters. The normalized spacial score (nSPS) is 26.4. The highest BCUT2D eigenvalue weighted by atomic mass is 16.7. The van der Waals surface area contributed by atoms with Gasteiger partial charge in [0.15, 0.2) is 18.9 Å². The Morgan fingerprint density at radius 1 is 0.365 bits per heavy atom. The van der Waals surface area contributed by atoms with Gasteiger partial charge in [-0.2, -0.15) is 0 Å². The molecule has 0 aromatic carbocycles. The van der Waals surface area contributed by atoms with Crippen molar-refractivity contribution in [2.45, 2.75) is 352 Å². The molecule has 4 heterocycles. The molecule has 0 bridgehead atoms. The van der Waals surface area contributed by atoms with Gasteiger partial charge in [0.25, 0.3) is 0 Å². The second-order valence-corrected chi connectivity index (χ2v) is 33.7. The molecule has 0 spiro atoms. The predicted molar refractivity (Wildman–Crippen MR) is 423 cm³/mol. The third kappa shape index (κ3) is 42.4. The molecule has 4 aliphatic rings. The number of carbonyl (C=O) groups excluding carboxylic acids is 8. The Morgan fingerprint density at radius 3 is 1.07 bits per heavy atom. The molecular weight excluding hydrogens is 1500 g/mol. The lowest BCUT2D eigenvalue weighted by Crippen LogP contribution is -2.55. The molecule has 668 valence electrons. The van der Waals surface area contributed by atoms with Crippen molar-refractivity contribution in [3.8, 4) is 0 Å². The molecule has 31 nitrogen and oxygen atoms in total. The van der Waals surface area contributed by atoms with E-state index in [1.165, 1.54) is 0 Å². The van der Waals surface area contributed by atoms with Crippen molar-refractivity contribution in [3.63, 3.8) is 0 Å². The van der Waals surface area contributed by atoms with Crippen molar-refractivity contribution in [3.05, 3.63) is 0 Å². The van der Waals surface area contributed by atoms with Crippen LogP contribution in [0.4, 0.5) is 0 Å². The summed E-state index contributed by atoms with van der Waals surface area (Å²) in [4.78, 5) is 107. The van der Waals surface area contributed by atoms with Crippen LogP contribution in [0.2, 0.25) is 0 Å². The maximum absolute atomic E-state index is 14.2. The van der Waals surface area contributed by atoms with Crippen molar-refractivity contribution in [2.24, 2.45) is 28.6 Å². The summed E-state index contributed by atoms with van der Waals surface area (Å²) in [6.45, 7) is 11.9. The number of Topliss-reactive ketones (excluding diaryl/α,β-unsaturated/α-hetero) is 5. The summed E-state index contributed by atoms with van der Waals surface area (Å²) >= 11 is 0. The number of ether oxygens (including phenoxy) is 10. The van der Waals surface area contributed by atoms with E-state index in [0.29, 0.717) is 142 Å². The highest BCUT2D eigenvalue weighted by molar-refractivity contribution is 5.81. The van der Waals surface area contributed by atoms with Crippen LogP contribution in [-0.4, -0.2) is 294 Å². The Labute approximate surface area is 682 Å². The maximum atomic E-state index is 14.2. The highest BCUT2D eigenvalue weighted by Gasteiger charge is 2.45. The van der Waals surface area contributed by atoms with Crippen molar-refractivity contribution >= 4 is 46.6 Å². The second-order valence-electron chi connectivity index (χ2n) is 33.7. The summed E-state index contributed by atoms with van der Waals surface area (Å²) in [5.74, 6) is -1.93. The van der Waals surface area contributed by atoms with Crippen molar-refractivity contribution in [1.82, 2.24) is 15.5 Å². The number of rotatable bonds is 67. The number of hydrogen-bond acceptors (Lipinski definition) is 28. The van der Waals surface area contributed by atoms with Crippen LogP contribution >= 0.6 is 0 Å². The molecule has 4 fully saturated rings. The van der Waals surface area contributed by atoms with E-state index in [4.69, 9.17) is 47.4 Å². The zero-order valence-electron chi connectivity index (χ0n) is 70.1. The van der Waals surface area contributed by atoms with Gasteiger partial charge in [0, 0.05) is 153 Å². The smallest absolute Gasteiger partial charge is 0.224 e. The highest BCUT2D eigenvalue weighted by Crippen LogP contribution is 2.32. The minimum Gasteiger partial charge on any atom is -0.394 e. The molecule has 0 aromatic heterocycles. The molecular formula is C84H149N3O28. The first-order valence-corrected chi connectivity index (χ1v) is 43.2. The van der Waals surface area contributed by atoms with Gasteiger partial charge in [0.1, 0.15) is 71.8 Å². The number of nitrogens with one attached hydrogen (secondary N) is 2. The molecule has 12 N–H and O–H groups in total. The Hall–Kier alpha value is -4.04. The zero-order chi connectivity index (χ0) is 84.6. The number of ketones is 5. The molecule has 0 aromatic rings. The van der Waals surface area contributed by atoms with Crippen LogP contribution in [0.5, 0.6) is 0 Å². The Morgan fingerprint density at radius 2 is 0.687 bits per heavy atom. The van der Waals surface area contributed by atoms with E-state index in [2.05, 4.69) is 31.4 Å². The number of likely N-dealkylation sites (tertiary alicyclic amines) is 1. The lowest BCUT2D eigenvalue weighted by Gasteiger charge is -2.40. The van der Waals surface area contributed by atoms with Gasteiger partial charge in [-0.25, -0.2) is 0 Å². The molecule has 4 rings (SSSR count). The van der Waals surface area contributed by atoms with Gasteiger partial charge in [-0.1, -0.05) is 92.9 Å². The van der Waals surface area contributed by atoms with Gasteiger partial charge in [-0.15, -0.1) is 0 Å². The quantitative estimate of drug-likeness (QED) is 0.0329. The SMILES string of the molecule is CC1C(OCCCCC(=O)CCCCCC(=O)CCOCC(COCCC(=O)CCCCCC(=O)CCCCOC2OC(CO)C(O)C(O)C2C)(COCCC(=O)NCCCNC(=O)CCCCOC2OC(CO)C(O)C(O)C2C)CC(=O)CCCCCCCCCCC(=O)N2C[C@H](O)C[C@H]2OCC(C)(C)C)OC(CO)C(O)C1O. The predicted octanol–water partition coefficient (Wildman–Crippen LogP) is 5.62. The van der Waals surface area contributed by atoms with Crippen molar-refractivity contribution in [1.29, 1.82) is 0 Å². The maximum Gasteiger partial charge on any atom is 0.224 e. The summed E-state index contributed by atoms with van der Waals surface area (Å²) < 4.78 is 58.9. The van der Waals surface area contributed by atoms with E-state index in [9.17, 15) is 89.4 Å². The van der Waals surface area contributed by atoms with E-state index >= 15 is 0 Å². The number of amides is 3. The Bertz CT molecular complexity index is 2490. The van der Waals surface area contributed by atoms with E-state index in [0.717, 1.165) is 44.9 Å². The van der Waals surface area contributed by atoms with Gasteiger partial charge >= 0.3 is 0 Å². The lowest BCUT2D eigenvalue weighted by molar-refractivity contribution is -0.282. The molecule has 0 saturated carbocycles. The van der Waals surface area contributed by atoms with E-state index in [-0.39, 0.29) is 176 Å². The Kier molecular flexibility index (Phi) is 52.9. The van der Waals surface area contributed by atoms with Crippen LogP contribution in [0.3, 0.4) is 0 Å². The fourth-order valence-corrected chi connectivity index (χ4v) is 14.5. The number of aliphatic hydroxyl groups is 10. The second kappa shape index (κ2) is 58.8. The first kappa shape index (κ1) is 103. The van der Waals surface area contributed by atoms with E-state index < -0.39 is 129 Å². The largest absolute Gasteiger partial charge is 0.394 e. The molecule has 4 aliphatic heterocycles. The van der Waals surface area contributed by atoms with Gasteiger partial charge in [0.05, 0.1) is 90.5 Å². The number of β-amino-alcohol motifs (C(OH)–C–C–N with tert-alkyl or cyclic N) is 1. The van der Waals surface area contributed by atoms with Gasteiger partial charge in [-0.05, 0) is 88.9 Å². The standard InChI is InChI=1S/C84H149N3O28/c1-58-74(100)77(103)67(51-88)113-80(58)109-42-24-21-32-61(91)28-16-13-18-30-63(93)37-45-106-55-84(49-65(95)34-15-11-9-7-8-10-12-20-36-72(99)87-50-66(96)48-73(87)112-54-83(4,5)6,56-107-46-38-64(94)31-19-14-17-29-62(92)33-22-25-43-110-81-59(2)75(101)78(104)68(52-89)114-81)57-108-47-39-71(98)86-41-27-40-85-70(97)35-23-26-44-111-82-60(3)76(102)79(105)69(53-90)115-82/h58-60,66-69,73-82,88-90,96,100-105H,7-57H2,1-6H3,(H,85,97)(H,86,98)/t58?,59?,60?,66-,67?,68?,69?,73-,74?,75?,76?,77?,78?,79?,80?,81?,82?,84?/m1/s1. The number of hydrogen-bond donors (Lipinski definition) is 12. The third-order valence-electron chi connectivity index (χ3n) is 21.9. The summed E-state index contributed by atoms with van der Waals surface area (Å²) in [6, 6.07) is 0.